The number of nitrogens with zero attached hydrogens (tertiary/aromatic N) is 2. The van der Waals surface area contributed by atoms with Gasteiger partial charge in [0.1, 0.15) is 5.82 Å². The lowest BCUT2D eigenvalue weighted by molar-refractivity contribution is 0.0693. The summed E-state index contributed by atoms with van der Waals surface area (Å²) < 4.78 is 14.1. The first-order valence-electron chi connectivity index (χ1n) is 6.95. The van der Waals surface area contributed by atoms with Gasteiger partial charge >= 0.3 is 5.97 Å². The third kappa shape index (κ3) is 3.00. The van der Waals surface area contributed by atoms with Gasteiger partial charge in [-0.1, -0.05) is 0 Å². The molecule has 0 saturated heterocycles. The Hall–Kier alpha value is -2.54. The minimum Gasteiger partial charge on any atom is -0.476 e. The molecule has 0 aliphatic carbocycles. The van der Waals surface area contributed by atoms with Crippen LogP contribution < -0.4 is 5.32 Å². The number of anilines is 1. The molecule has 0 unspecified atom stereocenters. The van der Waals surface area contributed by atoms with Gasteiger partial charge in [-0.25, -0.2) is 14.2 Å². The van der Waals surface area contributed by atoms with E-state index in [1.54, 1.807) is 18.5 Å². The Kier molecular flexibility index (Phi) is 3.96. The maximum absolute atomic E-state index is 13.3. The van der Waals surface area contributed by atoms with Crippen molar-refractivity contribution in [3.05, 3.63) is 53.4 Å². The van der Waals surface area contributed by atoms with Gasteiger partial charge < -0.3 is 10.4 Å². The molecule has 0 aliphatic rings. The van der Waals surface area contributed by atoms with Crippen molar-refractivity contribution in [2.24, 2.45) is 0 Å². The molecular weight excluding hydrogens is 317 g/mol. The molecule has 2 N–H and O–H groups in total. The predicted molar refractivity (Wildman–Crippen MR) is 87.5 cm³/mol. The molecule has 0 aliphatic heterocycles. The minimum atomic E-state index is -1.05. The summed E-state index contributed by atoms with van der Waals surface area (Å²) in [6.45, 7) is 3.78. The molecule has 3 aromatic heterocycles. The van der Waals surface area contributed by atoms with Gasteiger partial charge in [0, 0.05) is 22.5 Å². The first-order valence-corrected chi connectivity index (χ1v) is 7.77. The number of carboxylic acids is 1. The Morgan fingerprint density at radius 1 is 1.35 bits per heavy atom. The average molecular weight is 331 g/mol. The lowest BCUT2D eigenvalue weighted by Crippen LogP contribution is -2.06. The van der Waals surface area contributed by atoms with Gasteiger partial charge in [0.2, 0.25) is 0 Å². The van der Waals surface area contributed by atoms with Crippen molar-refractivity contribution in [1.29, 1.82) is 0 Å². The van der Waals surface area contributed by atoms with Crippen LogP contribution in [0.2, 0.25) is 0 Å². The van der Waals surface area contributed by atoms with Crippen molar-refractivity contribution in [3.63, 3.8) is 0 Å². The van der Waals surface area contributed by atoms with Crippen LogP contribution in [0, 0.1) is 12.7 Å². The molecule has 0 bridgehead atoms. The molecule has 0 spiro atoms. The Morgan fingerprint density at radius 2 is 2.13 bits per heavy atom. The summed E-state index contributed by atoms with van der Waals surface area (Å²) in [5, 5.41) is 13.9. The molecule has 3 rings (SSSR count). The Bertz CT molecular complexity index is 894. The molecule has 0 radical (unpaired) electrons. The van der Waals surface area contributed by atoms with Gasteiger partial charge in [-0.05, 0) is 37.1 Å². The molecule has 3 aromatic rings. The molecule has 0 amide bonds. The molecule has 0 saturated carbocycles. The van der Waals surface area contributed by atoms with Crippen LogP contribution in [-0.2, 0) is 0 Å². The number of fused-ring (bicyclic) bond motifs is 1. The van der Waals surface area contributed by atoms with E-state index in [0.29, 0.717) is 5.39 Å². The highest BCUT2D eigenvalue weighted by atomic mass is 32.1. The zero-order valence-corrected chi connectivity index (χ0v) is 13.3. The highest BCUT2D eigenvalue weighted by Gasteiger charge is 2.16. The number of aromatic carboxylic acids is 1. The highest BCUT2D eigenvalue weighted by molar-refractivity contribution is 7.23. The van der Waals surface area contributed by atoms with Gasteiger partial charge in [-0.2, -0.15) is 0 Å². The van der Waals surface area contributed by atoms with Crippen molar-refractivity contribution < 1.29 is 14.3 Å². The summed E-state index contributed by atoms with van der Waals surface area (Å²) in [6, 6.07) is 3.04. The quantitative estimate of drug-likeness (QED) is 0.755. The van der Waals surface area contributed by atoms with E-state index < -0.39 is 5.97 Å². The molecule has 23 heavy (non-hydrogen) atoms. The monoisotopic (exact) mass is 331 g/mol. The summed E-state index contributed by atoms with van der Waals surface area (Å²) in [5.74, 6) is -1.44. The van der Waals surface area contributed by atoms with Crippen molar-refractivity contribution in [2.45, 2.75) is 19.9 Å². The predicted octanol–water partition coefficient (Wildman–Crippen LogP) is 4.01. The largest absolute Gasteiger partial charge is 0.476 e. The van der Waals surface area contributed by atoms with E-state index in [-0.39, 0.29) is 17.6 Å². The normalized spacial score (nSPS) is 12.3. The van der Waals surface area contributed by atoms with E-state index in [1.807, 2.05) is 13.8 Å². The van der Waals surface area contributed by atoms with Crippen LogP contribution in [0.3, 0.4) is 0 Å². The second kappa shape index (κ2) is 5.92. The van der Waals surface area contributed by atoms with Crippen LogP contribution in [0.25, 0.3) is 10.1 Å². The SMILES string of the molecule is Cc1cnc(C(=O)O)c2cc(N[C@@H](C)c3cncc(F)c3)sc12. The fourth-order valence-electron chi connectivity index (χ4n) is 2.35. The molecular formula is C16H14FN3O2S. The second-order valence-corrected chi connectivity index (χ2v) is 6.30. The lowest BCUT2D eigenvalue weighted by atomic mass is 10.1. The zero-order chi connectivity index (χ0) is 16.6. The smallest absolute Gasteiger partial charge is 0.355 e. The molecule has 0 aromatic carbocycles. The summed E-state index contributed by atoms with van der Waals surface area (Å²) in [4.78, 5) is 19.1. The van der Waals surface area contributed by atoms with Crippen LogP contribution in [-0.4, -0.2) is 21.0 Å². The Balaban J connectivity index is 1.96. The molecule has 7 heteroatoms. The number of halogens is 1. The number of rotatable bonds is 4. The number of nitrogens with one attached hydrogen (secondary N) is 1. The lowest BCUT2D eigenvalue weighted by Gasteiger charge is -2.13. The zero-order valence-electron chi connectivity index (χ0n) is 12.5. The van der Waals surface area contributed by atoms with E-state index in [9.17, 15) is 14.3 Å². The van der Waals surface area contributed by atoms with Crippen molar-refractivity contribution in [1.82, 2.24) is 9.97 Å². The average Bonchev–Trinajstić information content (AvgIpc) is 2.91. The summed E-state index contributed by atoms with van der Waals surface area (Å²) >= 11 is 1.45. The number of carbonyl (C=O) groups is 1. The van der Waals surface area contributed by atoms with Gasteiger partial charge in [0.05, 0.1) is 17.2 Å². The number of thiophene rings is 1. The van der Waals surface area contributed by atoms with E-state index >= 15 is 0 Å². The van der Waals surface area contributed by atoms with Crippen LogP contribution >= 0.6 is 11.3 Å². The molecule has 0 fully saturated rings. The van der Waals surface area contributed by atoms with Gasteiger partial charge in [-0.15, -0.1) is 11.3 Å². The van der Waals surface area contributed by atoms with Crippen LogP contribution in [0.5, 0.6) is 0 Å². The van der Waals surface area contributed by atoms with E-state index in [1.165, 1.54) is 17.4 Å². The van der Waals surface area contributed by atoms with Crippen LogP contribution in [0.4, 0.5) is 9.39 Å². The number of carboxylic acid groups (broad SMARTS) is 1. The third-order valence-corrected chi connectivity index (χ3v) is 4.72. The number of hydrogen-bond donors (Lipinski definition) is 2. The molecule has 1 atom stereocenters. The maximum atomic E-state index is 13.3. The molecule has 3 heterocycles. The maximum Gasteiger partial charge on any atom is 0.355 e. The van der Waals surface area contributed by atoms with Crippen LogP contribution in [0.15, 0.2) is 30.7 Å². The Labute approximate surface area is 135 Å². The van der Waals surface area contributed by atoms with E-state index in [2.05, 4.69) is 15.3 Å². The minimum absolute atomic E-state index is 0.0370. The molecule has 118 valence electrons. The standard InChI is InChI=1S/C16H14FN3O2S/c1-8-5-19-14(16(21)22)12-4-13(23-15(8)12)20-9(2)10-3-11(17)7-18-6-10/h3-7,9,20H,1-2H3,(H,21,22)/t9-/m0/s1. The van der Waals surface area contributed by atoms with E-state index in [4.69, 9.17) is 0 Å². The first kappa shape index (κ1) is 15.4. The van der Waals surface area contributed by atoms with E-state index in [0.717, 1.165) is 27.0 Å². The Morgan fingerprint density at radius 3 is 2.83 bits per heavy atom. The van der Waals surface area contributed by atoms with Gasteiger partial charge in [-0.3, -0.25) is 4.98 Å². The van der Waals surface area contributed by atoms with Gasteiger partial charge in [0.25, 0.3) is 0 Å². The first-order chi connectivity index (χ1) is 11.0. The van der Waals surface area contributed by atoms with Crippen LogP contribution in [0.1, 0.15) is 34.6 Å². The number of pyridine rings is 2. The van der Waals surface area contributed by atoms with Crippen molar-refractivity contribution in [2.75, 3.05) is 5.32 Å². The van der Waals surface area contributed by atoms with Crippen molar-refractivity contribution in [3.8, 4) is 0 Å². The third-order valence-electron chi connectivity index (χ3n) is 3.52. The summed E-state index contributed by atoms with van der Waals surface area (Å²) in [5.41, 5.74) is 1.67. The topological polar surface area (TPSA) is 75.1 Å². The van der Waals surface area contributed by atoms with Gasteiger partial charge in [0.15, 0.2) is 5.69 Å². The van der Waals surface area contributed by atoms with Crippen molar-refractivity contribution >= 4 is 32.4 Å². The fourth-order valence-corrected chi connectivity index (χ4v) is 3.46. The second-order valence-electron chi connectivity index (χ2n) is 5.25. The summed E-state index contributed by atoms with van der Waals surface area (Å²) in [6.07, 6.45) is 4.32. The summed E-state index contributed by atoms with van der Waals surface area (Å²) in [7, 11) is 0. The fraction of sp³-hybridized carbons (Fsp3) is 0.188. The number of aromatic nitrogens is 2. The molecule has 5 nitrogen and oxygen atoms in total. The highest BCUT2D eigenvalue weighted by Crippen LogP contribution is 2.35. The number of hydrogen-bond acceptors (Lipinski definition) is 5. The number of aryl methyl sites for hydroxylation is 1.